The van der Waals surface area contributed by atoms with Crippen LogP contribution in [-0.4, -0.2) is 12.5 Å². The lowest BCUT2D eigenvalue weighted by Crippen LogP contribution is -2.12. The largest absolute Gasteiger partial charge is 0.500 e. The number of amides is 1. The fourth-order valence-corrected chi connectivity index (χ4v) is 0.424. The van der Waals surface area contributed by atoms with Gasteiger partial charge in [-0.05, 0) is 12.8 Å². The van der Waals surface area contributed by atoms with Crippen LogP contribution in [0.15, 0.2) is 11.8 Å². The van der Waals surface area contributed by atoms with Crippen LogP contribution < -0.4 is 5.73 Å². The summed E-state index contributed by atoms with van der Waals surface area (Å²) in [6.45, 7) is 6.31. The van der Waals surface area contributed by atoms with Crippen molar-refractivity contribution in [1.82, 2.24) is 0 Å². The molecule has 0 aliphatic heterocycles. The number of hydrogen-bond acceptors (Lipinski definition) is 2. The minimum atomic E-state index is -0.436. The molecule has 2 N–H and O–H groups in total. The molecule has 3 nitrogen and oxygen atoms in total. The van der Waals surface area contributed by atoms with Gasteiger partial charge in [-0.15, -0.1) is 0 Å². The predicted molar refractivity (Wildman–Crippen MR) is 43.7 cm³/mol. The summed E-state index contributed by atoms with van der Waals surface area (Å²) in [5, 5.41) is 0. The average Bonchev–Trinajstić information content (AvgIpc) is 1.86. The van der Waals surface area contributed by atoms with Crippen LogP contribution in [0.2, 0.25) is 0 Å². The van der Waals surface area contributed by atoms with E-state index in [0.29, 0.717) is 18.1 Å². The van der Waals surface area contributed by atoms with Gasteiger partial charge in [-0.1, -0.05) is 13.8 Å². The van der Waals surface area contributed by atoms with Gasteiger partial charge in [0, 0.05) is 5.57 Å². The fourth-order valence-electron chi connectivity index (χ4n) is 0.424. The molecule has 0 aliphatic rings. The highest BCUT2D eigenvalue weighted by Crippen LogP contribution is 1.96. The molecule has 0 aromatic heterocycles. The molecular formula is C8H15NO2. The highest BCUT2D eigenvalue weighted by atomic mass is 16.5. The third kappa shape index (κ3) is 5.45. The molecule has 0 unspecified atom stereocenters. The van der Waals surface area contributed by atoms with Crippen LogP contribution in [-0.2, 0) is 9.53 Å². The van der Waals surface area contributed by atoms with Crippen LogP contribution in [0, 0.1) is 5.92 Å². The first kappa shape index (κ1) is 10.0. The lowest BCUT2D eigenvalue weighted by atomic mass is 10.2. The zero-order valence-electron chi connectivity index (χ0n) is 7.26. The van der Waals surface area contributed by atoms with Gasteiger partial charge in [-0.25, -0.2) is 0 Å². The lowest BCUT2D eigenvalue weighted by molar-refractivity contribution is -0.114. The van der Waals surface area contributed by atoms with Crippen molar-refractivity contribution in [3.8, 4) is 0 Å². The smallest absolute Gasteiger partial charge is 0.247 e. The normalized spacial score (nSPS) is 11.8. The van der Waals surface area contributed by atoms with E-state index in [-0.39, 0.29) is 0 Å². The van der Waals surface area contributed by atoms with Crippen LogP contribution in [0.4, 0.5) is 0 Å². The molecule has 1 amide bonds. The highest BCUT2D eigenvalue weighted by Gasteiger charge is 1.96. The van der Waals surface area contributed by atoms with E-state index < -0.39 is 5.91 Å². The van der Waals surface area contributed by atoms with E-state index in [1.54, 1.807) is 6.92 Å². The molecule has 0 radical (unpaired) electrons. The average molecular weight is 157 g/mol. The van der Waals surface area contributed by atoms with Crippen LogP contribution in [0.3, 0.4) is 0 Å². The van der Waals surface area contributed by atoms with E-state index in [9.17, 15) is 4.79 Å². The SMILES string of the molecule is C/C(=C\OCC(C)C)C(N)=O. The second-order valence-corrected chi connectivity index (χ2v) is 2.89. The number of primary amides is 1. The molecule has 0 spiro atoms. The second kappa shape index (κ2) is 4.77. The summed E-state index contributed by atoms with van der Waals surface area (Å²) < 4.78 is 5.06. The van der Waals surface area contributed by atoms with Crippen molar-refractivity contribution in [3.05, 3.63) is 11.8 Å². The van der Waals surface area contributed by atoms with Crippen molar-refractivity contribution in [3.63, 3.8) is 0 Å². The van der Waals surface area contributed by atoms with Crippen LogP contribution >= 0.6 is 0 Å². The summed E-state index contributed by atoms with van der Waals surface area (Å²) in [7, 11) is 0. The summed E-state index contributed by atoms with van der Waals surface area (Å²) in [5.41, 5.74) is 5.42. The Morgan fingerprint density at radius 2 is 2.18 bits per heavy atom. The molecule has 0 aliphatic carbocycles. The van der Waals surface area contributed by atoms with Gasteiger partial charge in [0.25, 0.3) is 0 Å². The van der Waals surface area contributed by atoms with Crippen molar-refractivity contribution < 1.29 is 9.53 Å². The molecule has 0 heterocycles. The Morgan fingerprint density at radius 3 is 2.55 bits per heavy atom. The van der Waals surface area contributed by atoms with Crippen LogP contribution in [0.1, 0.15) is 20.8 Å². The molecule has 11 heavy (non-hydrogen) atoms. The Labute approximate surface area is 67.2 Å². The Kier molecular flexibility index (Phi) is 4.34. The first-order valence-electron chi connectivity index (χ1n) is 3.62. The van der Waals surface area contributed by atoms with Gasteiger partial charge in [-0.2, -0.15) is 0 Å². The maximum Gasteiger partial charge on any atom is 0.247 e. The summed E-state index contributed by atoms with van der Waals surface area (Å²) in [5.74, 6) is 0.0284. The van der Waals surface area contributed by atoms with Crippen molar-refractivity contribution in [2.75, 3.05) is 6.61 Å². The number of rotatable bonds is 4. The van der Waals surface area contributed by atoms with E-state index in [4.69, 9.17) is 10.5 Å². The van der Waals surface area contributed by atoms with Gasteiger partial charge in [-0.3, -0.25) is 4.79 Å². The molecule has 0 aromatic carbocycles. The lowest BCUT2D eigenvalue weighted by Gasteiger charge is -2.03. The van der Waals surface area contributed by atoms with E-state index in [0.717, 1.165) is 0 Å². The summed E-state index contributed by atoms with van der Waals surface area (Å²) >= 11 is 0. The summed E-state index contributed by atoms with van der Waals surface area (Å²) in [4.78, 5) is 10.4. The van der Waals surface area contributed by atoms with Crippen molar-refractivity contribution in [2.24, 2.45) is 11.7 Å². The number of ether oxygens (including phenoxy) is 1. The second-order valence-electron chi connectivity index (χ2n) is 2.89. The Hall–Kier alpha value is -0.990. The standard InChI is InChI=1S/C8H15NO2/c1-6(2)4-11-5-7(3)8(9)10/h5-6H,4H2,1-3H3,(H2,9,10)/b7-5+. The first-order chi connectivity index (χ1) is 5.04. The van der Waals surface area contributed by atoms with E-state index in [1.807, 2.05) is 13.8 Å². The molecule has 64 valence electrons. The Morgan fingerprint density at radius 1 is 1.64 bits per heavy atom. The van der Waals surface area contributed by atoms with Crippen molar-refractivity contribution >= 4 is 5.91 Å². The van der Waals surface area contributed by atoms with Gasteiger partial charge in [0.15, 0.2) is 0 Å². The molecule has 3 heteroatoms. The summed E-state index contributed by atoms with van der Waals surface area (Å²) in [6, 6.07) is 0. The number of carbonyl (C=O) groups is 1. The van der Waals surface area contributed by atoms with Crippen LogP contribution in [0.25, 0.3) is 0 Å². The van der Waals surface area contributed by atoms with E-state index in [2.05, 4.69) is 0 Å². The number of carbonyl (C=O) groups excluding carboxylic acids is 1. The summed E-state index contributed by atoms with van der Waals surface area (Å²) in [6.07, 6.45) is 1.41. The van der Waals surface area contributed by atoms with Gasteiger partial charge < -0.3 is 10.5 Å². The van der Waals surface area contributed by atoms with E-state index >= 15 is 0 Å². The van der Waals surface area contributed by atoms with Gasteiger partial charge in [0.05, 0.1) is 12.9 Å². The minimum Gasteiger partial charge on any atom is -0.500 e. The van der Waals surface area contributed by atoms with Gasteiger partial charge >= 0.3 is 0 Å². The zero-order valence-corrected chi connectivity index (χ0v) is 7.26. The third-order valence-corrected chi connectivity index (χ3v) is 1.08. The van der Waals surface area contributed by atoms with Gasteiger partial charge in [0.2, 0.25) is 5.91 Å². The Bertz CT molecular complexity index is 161. The maximum absolute atomic E-state index is 10.4. The topological polar surface area (TPSA) is 52.3 Å². The maximum atomic E-state index is 10.4. The molecule has 0 saturated carbocycles. The van der Waals surface area contributed by atoms with Crippen molar-refractivity contribution in [1.29, 1.82) is 0 Å². The third-order valence-electron chi connectivity index (χ3n) is 1.08. The monoisotopic (exact) mass is 157 g/mol. The molecule has 0 saturated heterocycles. The quantitative estimate of drug-likeness (QED) is 0.490. The molecule has 0 aromatic rings. The number of hydrogen-bond donors (Lipinski definition) is 1. The Balaban J connectivity index is 3.65. The number of nitrogens with two attached hydrogens (primary N) is 1. The van der Waals surface area contributed by atoms with Crippen molar-refractivity contribution in [2.45, 2.75) is 20.8 Å². The van der Waals surface area contributed by atoms with E-state index in [1.165, 1.54) is 6.26 Å². The first-order valence-corrected chi connectivity index (χ1v) is 3.62. The molecule has 0 bridgehead atoms. The molecule has 0 fully saturated rings. The predicted octanol–water partition coefficient (Wildman–Crippen LogP) is 1.05. The minimum absolute atomic E-state index is 0.436. The molecular weight excluding hydrogens is 142 g/mol. The van der Waals surface area contributed by atoms with Gasteiger partial charge in [0.1, 0.15) is 0 Å². The molecule has 0 rings (SSSR count). The fraction of sp³-hybridized carbons (Fsp3) is 0.625. The highest BCUT2D eigenvalue weighted by molar-refractivity contribution is 5.90. The molecule has 0 atom stereocenters. The zero-order chi connectivity index (χ0) is 8.85. The van der Waals surface area contributed by atoms with Crippen LogP contribution in [0.5, 0.6) is 0 Å².